The summed E-state index contributed by atoms with van der Waals surface area (Å²) in [4.78, 5) is 15.0. The van der Waals surface area contributed by atoms with Gasteiger partial charge in [-0.3, -0.25) is 9.10 Å². The molecule has 1 saturated heterocycles. The Morgan fingerprint density at radius 3 is 2.33 bits per heavy atom. The number of amides is 1. The van der Waals surface area contributed by atoms with Crippen molar-refractivity contribution < 1.29 is 13.2 Å². The molecule has 8 heteroatoms. The predicted molar refractivity (Wildman–Crippen MR) is 123 cm³/mol. The molecule has 162 valence electrons. The zero-order valence-electron chi connectivity index (χ0n) is 17.3. The van der Waals surface area contributed by atoms with Crippen molar-refractivity contribution in [2.45, 2.75) is 32.2 Å². The van der Waals surface area contributed by atoms with Gasteiger partial charge >= 0.3 is 0 Å². The van der Waals surface area contributed by atoms with Crippen molar-refractivity contribution in [3.63, 3.8) is 0 Å². The molecule has 0 radical (unpaired) electrons. The van der Waals surface area contributed by atoms with Crippen molar-refractivity contribution in [1.29, 1.82) is 0 Å². The highest BCUT2D eigenvalue weighted by Crippen LogP contribution is 2.27. The summed E-state index contributed by atoms with van der Waals surface area (Å²) >= 11 is 6.15. The zero-order chi connectivity index (χ0) is 21.7. The van der Waals surface area contributed by atoms with Crippen LogP contribution in [0.15, 0.2) is 48.5 Å². The average molecular weight is 450 g/mol. The standard InChI is InChI=1S/C22H28ClN3O3S/c1-17(18-10-12-19(13-11-18)25-14-6-3-7-15-25)24-22(27)16-26(30(2,28)29)21-9-5-4-8-20(21)23/h4-5,8-13,17H,3,6-7,14-16H2,1-2H3,(H,24,27). The molecule has 2 aromatic rings. The van der Waals surface area contributed by atoms with Crippen LogP contribution in [0.1, 0.15) is 37.8 Å². The number of sulfonamides is 1. The first kappa shape index (κ1) is 22.4. The highest BCUT2D eigenvalue weighted by atomic mass is 35.5. The molecule has 1 unspecified atom stereocenters. The van der Waals surface area contributed by atoms with Crippen LogP contribution in [0.2, 0.25) is 5.02 Å². The molecule has 6 nitrogen and oxygen atoms in total. The minimum atomic E-state index is -3.67. The fourth-order valence-corrected chi connectivity index (χ4v) is 4.82. The van der Waals surface area contributed by atoms with Crippen molar-refractivity contribution in [3.05, 3.63) is 59.1 Å². The first-order valence-corrected chi connectivity index (χ1v) is 12.3. The van der Waals surface area contributed by atoms with E-state index in [0.29, 0.717) is 0 Å². The van der Waals surface area contributed by atoms with Crippen LogP contribution in [-0.4, -0.2) is 40.2 Å². The van der Waals surface area contributed by atoms with E-state index >= 15 is 0 Å². The summed E-state index contributed by atoms with van der Waals surface area (Å²) in [6.07, 6.45) is 4.79. The van der Waals surface area contributed by atoms with E-state index in [4.69, 9.17) is 11.6 Å². The van der Waals surface area contributed by atoms with E-state index in [1.54, 1.807) is 24.3 Å². The lowest BCUT2D eigenvalue weighted by molar-refractivity contribution is -0.120. The Morgan fingerprint density at radius 1 is 1.10 bits per heavy atom. The number of piperidine rings is 1. The number of carbonyl (C=O) groups is 1. The molecule has 0 bridgehead atoms. The van der Waals surface area contributed by atoms with Gasteiger partial charge in [0.2, 0.25) is 15.9 Å². The van der Waals surface area contributed by atoms with Crippen molar-refractivity contribution in [2.24, 2.45) is 0 Å². The number of rotatable bonds is 7. The van der Waals surface area contributed by atoms with Gasteiger partial charge in [0.25, 0.3) is 0 Å². The van der Waals surface area contributed by atoms with Gasteiger partial charge in [0.1, 0.15) is 6.54 Å². The number of hydrogen-bond acceptors (Lipinski definition) is 4. The third-order valence-electron chi connectivity index (χ3n) is 5.30. The number of para-hydroxylation sites is 1. The summed E-state index contributed by atoms with van der Waals surface area (Å²) in [5, 5.41) is 3.16. The third kappa shape index (κ3) is 5.67. The Hall–Kier alpha value is -2.25. The van der Waals surface area contributed by atoms with E-state index in [9.17, 15) is 13.2 Å². The van der Waals surface area contributed by atoms with Crippen LogP contribution < -0.4 is 14.5 Å². The van der Waals surface area contributed by atoms with Gasteiger partial charge in [0.15, 0.2) is 0 Å². The monoisotopic (exact) mass is 449 g/mol. The van der Waals surface area contributed by atoms with Crippen molar-refractivity contribution in [3.8, 4) is 0 Å². The third-order valence-corrected chi connectivity index (χ3v) is 6.75. The van der Waals surface area contributed by atoms with E-state index in [1.165, 1.54) is 24.9 Å². The molecular weight excluding hydrogens is 422 g/mol. The molecule has 30 heavy (non-hydrogen) atoms. The normalized spacial score (nSPS) is 15.5. The molecule has 1 heterocycles. The second kappa shape index (κ2) is 9.71. The minimum absolute atomic E-state index is 0.249. The Morgan fingerprint density at radius 2 is 1.73 bits per heavy atom. The first-order chi connectivity index (χ1) is 14.3. The summed E-state index contributed by atoms with van der Waals surface area (Å²) in [5.74, 6) is -0.395. The Bertz CT molecular complexity index is 973. The molecule has 1 aliphatic rings. The second-order valence-corrected chi connectivity index (χ2v) is 9.96. The largest absolute Gasteiger partial charge is 0.372 e. The minimum Gasteiger partial charge on any atom is -0.372 e. The topological polar surface area (TPSA) is 69.7 Å². The molecule has 1 N–H and O–H groups in total. The van der Waals surface area contributed by atoms with Gasteiger partial charge in [0, 0.05) is 18.8 Å². The molecule has 0 saturated carbocycles. The van der Waals surface area contributed by atoms with Gasteiger partial charge in [0.05, 0.1) is 23.0 Å². The summed E-state index contributed by atoms with van der Waals surface area (Å²) < 4.78 is 25.5. The van der Waals surface area contributed by atoms with E-state index in [1.807, 2.05) is 19.1 Å². The highest BCUT2D eigenvalue weighted by molar-refractivity contribution is 7.92. The van der Waals surface area contributed by atoms with Crippen LogP contribution in [0.25, 0.3) is 0 Å². The van der Waals surface area contributed by atoms with Crippen molar-refractivity contribution in [2.75, 3.05) is 35.1 Å². The van der Waals surface area contributed by atoms with Crippen LogP contribution in [0.4, 0.5) is 11.4 Å². The number of nitrogens with one attached hydrogen (secondary N) is 1. The Labute approximate surface area is 183 Å². The van der Waals surface area contributed by atoms with E-state index in [2.05, 4.69) is 22.3 Å². The fourth-order valence-electron chi connectivity index (χ4n) is 3.66. The maximum absolute atomic E-state index is 12.6. The van der Waals surface area contributed by atoms with Crippen molar-refractivity contribution >= 4 is 38.9 Å². The molecule has 1 aliphatic heterocycles. The maximum Gasteiger partial charge on any atom is 0.241 e. The Kier molecular flexibility index (Phi) is 7.26. The number of nitrogens with zero attached hydrogens (tertiary/aromatic N) is 2. The SMILES string of the molecule is CC(NC(=O)CN(c1ccccc1Cl)S(C)(=O)=O)c1ccc(N2CCCCC2)cc1. The number of hydrogen-bond donors (Lipinski definition) is 1. The lowest BCUT2D eigenvalue weighted by atomic mass is 10.1. The fraction of sp³-hybridized carbons (Fsp3) is 0.409. The van der Waals surface area contributed by atoms with Gasteiger partial charge in [-0.1, -0.05) is 35.9 Å². The lowest BCUT2D eigenvalue weighted by Crippen LogP contribution is -2.41. The number of benzene rings is 2. The van der Waals surface area contributed by atoms with Crippen molar-refractivity contribution in [1.82, 2.24) is 5.32 Å². The zero-order valence-corrected chi connectivity index (χ0v) is 18.9. The van der Waals surface area contributed by atoms with Crippen LogP contribution in [-0.2, 0) is 14.8 Å². The number of anilines is 2. The molecule has 1 fully saturated rings. The van der Waals surface area contributed by atoms with Crippen LogP contribution in [0.5, 0.6) is 0 Å². The van der Waals surface area contributed by atoms with Gasteiger partial charge in [-0.2, -0.15) is 0 Å². The highest BCUT2D eigenvalue weighted by Gasteiger charge is 2.23. The van der Waals surface area contributed by atoms with E-state index < -0.39 is 15.9 Å². The quantitative estimate of drug-likeness (QED) is 0.694. The van der Waals surface area contributed by atoms with Gasteiger partial charge < -0.3 is 10.2 Å². The Balaban J connectivity index is 1.66. The van der Waals surface area contributed by atoms with E-state index in [-0.39, 0.29) is 23.3 Å². The molecule has 1 amide bonds. The van der Waals surface area contributed by atoms with Gasteiger partial charge in [-0.25, -0.2) is 8.42 Å². The molecule has 1 atom stereocenters. The molecule has 0 aromatic heterocycles. The van der Waals surface area contributed by atoms with Crippen LogP contribution >= 0.6 is 11.6 Å². The van der Waals surface area contributed by atoms with Gasteiger partial charge in [-0.05, 0) is 56.0 Å². The smallest absolute Gasteiger partial charge is 0.241 e. The summed E-state index contributed by atoms with van der Waals surface area (Å²) in [7, 11) is -3.67. The molecule has 0 aliphatic carbocycles. The van der Waals surface area contributed by atoms with E-state index in [0.717, 1.165) is 29.2 Å². The molecule has 3 rings (SSSR count). The molecule has 2 aromatic carbocycles. The second-order valence-electron chi connectivity index (χ2n) is 7.65. The molecule has 0 spiro atoms. The summed E-state index contributed by atoms with van der Waals surface area (Å²) in [5.41, 5.74) is 2.45. The van der Waals surface area contributed by atoms with Crippen LogP contribution in [0, 0.1) is 0 Å². The number of carbonyl (C=O) groups excluding carboxylic acids is 1. The first-order valence-electron chi connectivity index (χ1n) is 10.1. The lowest BCUT2D eigenvalue weighted by Gasteiger charge is -2.29. The van der Waals surface area contributed by atoms with Crippen LogP contribution in [0.3, 0.4) is 0 Å². The van der Waals surface area contributed by atoms with Gasteiger partial charge in [-0.15, -0.1) is 0 Å². The average Bonchev–Trinajstić information content (AvgIpc) is 2.72. The molecular formula is C22H28ClN3O3S. The summed E-state index contributed by atoms with van der Waals surface area (Å²) in [6.45, 7) is 3.71. The maximum atomic E-state index is 12.6. The predicted octanol–water partition coefficient (Wildman–Crippen LogP) is 3.97. The number of halogens is 1. The summed E-state index contributed by atoms with van der Waals surface area (Å²) in [6, 6.07) is 14.5.